The van der Waals surface area contributed by atoms with Crippen molar-refractivity contribution in [2.45, 2.75) is 64.5 Å². The molecule has 4 aliphatic rings. The van der Waals surface area contributed by atoms with Crippen LogP contribution in [0.1, 0.15) is 68.3 Å². The van der Waals surface area contributed by atoms with Crippen LogP contribution in [0.15, 0.2) is 64.0 Å². The van der Waals surface area contributed by atoms with Crippen LogP contribution in [0.4, 0.5) is 0 Å². The molecule has 4 bridgehead atoms. The van der Waals surface area contributed by atoms with Crippen LogP contribution in [0, 0.1) is 16.7 Å². The Morgan fingerprint density at radius 3 is 2.35 bits per heavy atom. The smallest absolute Gasteiger partial charge is 0.257 e. The van der Waals surface area contributed by atoms with Crippen molar-refractivity contribution in [3.8, 4) is 0 Å². The van der Waals surface area contributed by atoms with E-state index < -0.39 is 0 Å². The number of aromatic nitrogens is 1. The molecule has 2 unspecified atom stereocenters. The Kier molecular flexibility index (Phi) is 4.90. The van der Waals surface area contributed by atoms with Gasteiger partial charge in [0.15, 0.2) is 0 Å². The predicted molar refractivity (Wildman–Crippen MR) is 139 cm³/mol. The Bertz CT molecular complexity index is 1340. The third-order valence-electron chi connectivity index (χ3n) is 8.50. The van der Waals surface area contributed by atoms with Gasteiger partial charge in [0.1, 0.15) is 5.56 Å². The lowest BCUT2D eigenvalue weighted by Gasteiger charge is -2.65. The van der Waals surface area contributed by atoms with Crippen LogP contribution in [-0.2, 0) is 6.54 Å². The molecule has 0 radical (unpaired) electrons. The molecule has 3 aromatic rings. The van der Waals surface area contributed by atoms with E-state index >= 15 is 0 Å². The molecular formula is C29H31BrN2O2. The molecule has 4 nitrogen and oxygen atoms in total. The molecule has 1 amide bonds. The number of carbonyl (C=O) groups is 1. The fourth-order valence-corrected chi connectivity index (χ4v) is 8.58. The standard InChI is InChI=1S/C29H31BrN2O2/c1-27-11-20-12-28(2,16-27)18-29(13-20,17-27)31-26(34)23-15-32(14-19-7-9-21(30)10-8-19)24-6-4-3-5-22(24)25(23)33/h3-10,15,20H,11-14,16-18H2,1-2H3,(H,31,34)/t20?,27-,28+,29?. The zero-order chi connectivity index (χ0) is 23.7. The van der Waals surface area contributed by atoms with Gasteiger partial charge in [-0.25, -0.2) is 0 Å². The van der Waals surface area contributed by atoms with E-state index in [4.69, 9.17) is 0 Å². The van der Waals surface area contributed by atoms with Crippen molar-refractivity contribution >= 4 is 32.7 Å². The van der Waals surface area contributed by atoms with Crippen LogP contribution in [-0.4, -0.2) is 16.0 Å². The molecule has 0 aliphatic heterocycles. The lowest BCUT2D eigenvalue weighted by atomic mass is 9.43. The van der Waals surface area contributed by atoms with Gasteiger partial charge in [0.05, 0.1) is 5.52 Å². The predicted octanol–water partition coefficient (Wildman–Crippen LogP) is 6.29. The number of hydrogen-bond acceptors (Lipinski definition) is 2. The first-order chi connectivity index (χ1) is 16.1. The molecule has 5 heteroatoms. The number of fused-ring (bicyclic) bond motifs is 1. The lowest BCUT2D eigenvalue weighted by Crippen LogP contribution is -2.65. The number of rotatable bonds is 4. The van der Waals surface area contributed by atoms with E-state index in [1.165, 1.54) is 19.3 Å². The first-order valence-electron chi connectivity index (χ1n) is 12.3. The van der Waals surface area contributed by atoms with Gasteiger partial charge >= 0.3 is 0 Å². The Hall–Kier alpha value is -2.40. The second kappa shape index (κ2) is 7.55. The number of halogens is 1. The van der Waals surface area contributed by atoms with Gasteiger partial charge in [-0.2, -0.15) is 0 Å². The molecular weight excluding hydrogens is 488 g/mol. The SMILES string of the molecule is C[C@]12CC3CC(NC(=O)c4cn(Cc5ccc(Br)cc5)c5ccccc5c4=O)(C1)C[C@@](C)(C3)C2. The van der Waals surface area contributed by atoms with Crippen molar-refractivity contribution in [2.24, 2.45) is 16.7 Å². The van der Waals surface area contributed by atoms with Crippen LogP contribution in [0.3, 0.4) is 0 Å². The summed E-state index contributed by atoms with van der Waals surface area (Å²) < 4.78 is 3.07. The fourth-order valence-electron chi connectivity index (χ4n) is 8.32. The van der Waals surface area contributed by atoms with Crippen LogP contribution in [0.5, 0.6) is 0 Å². The Labute approximate surface area is 208 Å². The highest BCUT2D eigenvalue weighted by molar-refractivity contribution is 9.10. The van der Waals surface area contributed by atoms with E-state index in [1.54, 1.807) is 6.20 Å². The summed E-state index contributed by atoms with van der Waals surface area (Å²) in [5, 5.41) is 4.03. The molecule has 4 atom stereocenters. The quantitative estimate of drug-likeness (QED) is 0.441. The highest BCUT2D eigenvalue weighted by Crippen LogP contribution is 2.66. The van der Waals surface area contributed by atoms with E-state index in [0.717, 1.165) is 34.8 Å². The largest absolute Gasteiger partial charge is 0.346 e. The monoisotopic (exact) mass is 518 g/mol. The number of benzene rings is 2. The van der Waals surface area contributed by atoms with Crippen LogP contribution in [0.2, 0.25) is 0 Å². The molecule has 4 fully saturated rings. The Morgan fingerprint density at radius 2 is 1.68 bits per heavy atom. The topological polar surface area (TPSA) is 51.1 Å². The van der Waals surface area contributed by atoms with Crippen molar-refractivity contribution in [3.05, 3.63) is 80.6 Å². The van der Waals surface area contributed by atoms with Gasteiger partial charge < -0.3 is 9.88 Å². The van der Waals surface area contributed by atoms with Crippen LogP contribution >= 0.6 is 15.9 Å². The molecule has 1 N–H and O–H groups in total. The van der Waals surface area contributed by atoms with Crippen molar-refractivity contribution < 1.29 is 4.79 Å². The number of nitrogens with zero attached hydrogens (tertiary/aromatic N) is 1. The van der Waals surface area contributed by atoms with E-state index in [1.807, 2.05) is 41.0 Å². The summed E-state index contributed by atoms with van der Waals surface area (Å²) in [6, 6.07) is 15.8. The minimum atomic E-state index is -0.213. The van der Waals surface area contributed by atoms with E-state index in [0.29, 0.717) is 28.7 Å². The first kappa shape index (κ1) is 22.1. The number of carbonyl (C=O) groups excluding carboxylic acids is 1. The second-order valence-corrected chi connectivity index (χ2v) is 12.9. The number of nitrogens with one attached hydrogen (secondary N) is 1. The molecule has 4 saturated carbocycles. The Morgan fingerprint density at radius 1 is 1.00 bits per heavy atom. The zero-order valence-corrected chi connectivity index (χ0v) is 21.5. The van der Waals surface area contributed by atoms with Crippen LogP contribution in [0.25, 0.3) is 10.9 Å². The fraction of sp³-hybridized carbons (Fsp3) is 0.448. The maximum Gasteiger partial charge on any atom is 0.257 e. The van der Waals surface area contributed by atoms with Gasteiger partial charge in [0, 0.05) is 28.1 Å². The summed E-state index contributed by atoms with van der Waals surface area (Å²) in [6.45, 7) is 5.40. The maximum absolute atomic E-state index is 13.7. The summed E-state index contributed by atoms with van der Waals surface area (Å²) in [6.07, 6.45) is 8.67. The van der Waals surface area contributed by atoms with Crippen molar-refractivity contribution in [1.29, 1.82) is 0 Å². The molecule has 176 valence electrons. The van der Waals surface area contributed by atoms with Gasteiger partial charge in [-0.1, -0.05) is 54.0 Å². The Balaban J connectivity index is 1.38. The van der Waals surface area contributed by atoms with Gasteiger partial charge in [-0.3, -0.25) is 9.59 Å². The summed E-state index contributed by atoms with van der Waals surface area (Å²) in [5.74, 6) is 0.465. The van der Waals surface area contributed by atoms with Gasteiger partial charge in [0.2, 0.25) is 5.43 Å². The van der Waals surface area contributed by atoms with E-state index in [2.05, 4.69) is 47.2 Å². The average Bonchev–Trinajstić information content (AvgIpc) is 2.74. The minimum Gasteiger partial charge on any atom is -0.346 e. The van der Waals surface area contributed by atoms with Crippen molar-refractivity contribution in [1.82, 2.24) is 9.88 Å². The number of hydrogen-bond donors (Lipinski definition) is 1. The molecule has 7 rings (SSSR count). The lowest BCUT2D eigenvalue weighted by molar-refractivity contribution is -0.114. The third-order valence-corrected chi connectivity index (χ3v) is 9.03. The van der Waals surface area contributed by atoms with Crippen molar-refractivity contribution in [3.63, 3.8) is 0 Å². The molecule has 1 aromatic heterocycles. The minimum absolute atomic E-state index is 0.178. The highest BCUT2D eigenvalue weighted by atomic mass is 79.9. The van der Waals surface area contributed by atoms with E-state index in [9.17, 15) is 9.59 Å². The maximum atomic E-state index is 13.7. The third kappa shape index (κ3) is 3.73. The van der Waals surface area contributed by atoms with E-state index in [-0.39, 0.29) is 22.4 Å². The second-order valence-electron chi connectivity index (χ2n) is 12.0. The normalized spacial score (nSPS) is 31.7. The van der Waals surface area contributed by atoms with Gasteiger partial charge in [-0.15, -0.1) is 0 Å². The number of amides is 1. The first-order valence-corrected chi connectivity index (χ1v) is 13.1. The molecule has 2 aromatic carbocycles. The van der Waals surface area contributed by atoms with Gasteiger partial charge in [0.25, 0.3) is 5.91 Å². The van der Waals surface area contributed by atoms with Gasteiger partial charge in [-0.05, 0) is 85.1 Å². The average molecular weight is 519 g/mol. The highest BCUT2D eigenvalue weighted by Gasteiger charge is 2.60. The molecule has 4 aliphatic carbocycles. The molecule has 1 heterocycles. The number of pyridine rings is 1. The zero-order valence-electron chi connectivity index (χ0n) is 19.9. The molecule has 0 spiro atoms. The number of para-hydroxylation sites is 1. The summed E-state index contributed by atoms with van der Waals surface area (Å²) in [5.41, 5.74) is 2.45. The summed E-state index contributed by atoms with van der Waals surface area (Å²) in [7, 11) is 0. The molecule has 0 saturated heterocycles. The van der Waals surface area contributed by atoms with Crippen molar-refractivity contribution in [2.75, 3.05) is 0 Å². The summed E-state index contributed by atoms with van der Waals surface area (Å²) >= 11 is 3.49. The molecule has 34 heavy (non-hydrogen) atoms. The van der Waals surface area contributed by atoms with Crippen LogP contribution < -0.4 is 10.7 Å². The summed E-state index contributed by atoms with van der Waals surface area (Å²) in [4.78, 5) is 27.2.